The third-order valence-corrected chi connectivity index (χ3v) is 1.89. The maximum absolute atomic E-state index is 11.3. The van der Waals surface area contributed by atoms with Gasteiger partial charge in [0.25, 0.3) is 0 Å². The molecule has 0 aliphatic heterocycles. The van der Waals surface area contributed by atoms with Crippen LogP contribution in [-0.2, 0) is 9.53 Å². The molecular weight excluding hydrogens is 164 g/mol. The molecule has 0 bridgehead atoms. The summed E-state index contributed by atoms with van der Waals surface area (Å²) in [6.45, 7) is 9.40. The Morgan fingerprint density at radius 3 is 2.62 bits per heavy atom. The molecular formula is C11H18O2. The van der Waals surface area contributed by atoms with E-state index in [0.29, 0.717) is 6.61 Å². The van der Waals surface area contributed by atoms with E-state index in [0.717, 1.165) is 19.3 Å². The molecule has 2 heteroatoms. The lowest BCUT2D eigenvalue weighted by atomic mass is 10.0. The molecule has 0 heterocycles. The molecule has 2 nitrogen and oxygen atoms in total. The van der Waals surface area contributed by atoms with Crippen molar-refractivity contribution in [3.63, 3.8) is 0 Å². The molecule has 0 fully saturated rings. The molecule has 0 aliphatic rings. The average molecular weight is 182 g/mol. The Morgan fingerprint density at radius 1 is 1.46 bits per heavy atom. The number of carbonyl (C=O) groups excluding carboxylic acids is 1. The molecule has 0 N–H and O–H groups in total. The van der Waals surface area contributed by atoms with E-state index in [1.165, 1.54) is 0 Å². The van der Waals surface area contributed by atoms with Gasteiger partial charge in [0.05, 0.1) is 5.92 Å². The van der Waals surface area contributed by atoms with Crippen LogP contribution in [0, 0.1) is 5.92 Å². The third-order valence-electron chi connectivity index (χ3n) is 1.89. The summed E-state index contributed by atoms with van der Waals surface area (Å²) < 4.78 is 4.95. The van der Waals surface area contributed by atoms with Gasteiger partial charge in [-0.25, -0.2) is 0 Å². The molecule has 0 aromatic rings. The van der Waals surface area contributed by atoms with Gasteiger partial charge in [0.2, 0.25) is 0 Å². The van der Waals surface area contributed by atoms with E-state index in [9.17, 15) is 4.79 Å². The molecule has 1 unspecified atom stereocenters. The minimum Gasteiger partial charge on any atom is -0.461 e. The van der Waals surface area contributed by atoms with E-state index in [2.05, 4.69) is 13.2 Å². The number of carbonyl (C=O) groups is 1. The third kappa shape index (κ3) is 5.23. The van der Waals surface area contributed by atoms with Gasteiger partial charge >= 0.3 is 5.97 Å². The van der Waals surface area contributed by atoms with E-state index in [4.69, 9.17) is 4.74 Å². The molecule has 0 aliphatic carbocycles. The molecule has 0 aromatic heterocycles. The second-order valence-corrected chi connectivity index (χ2v) is 2.89. The van der Waals surface area contributed by atoms with Gasteiger partial charge in [-0.2, -0.15) is 0 Å². The number of hydrogen-bond acceptors (Lipinski definition) is 2. The molecule has 0 radical (unpaired) electrons. The van der Waals surface area contributed by atoms with Gasteiger partial charge in [-0.1, -0.05) is 25.7 Å². The molecule has 0 saturated carbocycles. The summed E-state index contributed by atoms with van der Waals surface area (Å²) in [5.74, 6) is -0.109. The van der Waals surface area contributed by atoms with Crippen LogP contribution >= 0.6 is 0 Å². The Balaban J connectivity index is 3.83. The summed E-state index contributed by atoms with van der Waals surface area (Å²) in [4.78, 5) is 11.3. The highest BCUT2D eigenvalue weighted by Gasteiger charge is 2.16. The molecule has 0 rings (SSSR count). The highest BCUT2D eigenvalue weighted by atomic mass is 16.5. The van der Waals surface area contributed by atoms with Crippen LogP contribution in [0.5, 0.6) is 0 Å². The number of hydrogen-bond donors (Lipinski definition) is 0. The Bertz CT molecular complexity index is 173. The van der Waals surface area contributed by atoms with Crippen LogP contribution in [0.4, 0.5) is 0 Å². The summed E-state index contributed by atoms with van der Waals surface area (Å²) >= 11 is 0. The first-order valence-electron chi connectivity index (χ1n) is 4.64. The van der Waals surface area contributed by atoms with Crippen LogP contribution in [0.25, 0.3) is 0 Å². The van der Waals surface area contributed by atoms with Crippen LogP contribution in [0.2, 0.25) is 0 Å². The standard InChI is InChI=1S/C11H18O2/c1-4-7-8-10(6-3)11(12)13-9-5-2/h4-5,10H,1-2,6-9H2,3H3. The predicted octanol–water partition coefficient (Wildman–Crippen LogP) is 2.71. The maximum Gasteiger partial charge on any atom is 0.309 e. The zero-order chi connectivity index (χ0) is 10.1. The van der Waals surface area contributed by atoms with Crippen molar-refractivity contribution in [2.75, 3.05) is 6.61 Å². The van der Waals surface area contributed by atoms with E-state index in [-0.39, 0.29) is 11.9 Å². The van der Waals surface area contributed by atoms with Crippen molar-refractivity contribution in [2.24, 2.45) is 5.92 Å². The van der Waals surface area contributed by atoms with Crippen molar-refractivity contribution in [3.05, 3.63) is 25.3 Å². The lowest BCUT2D eigenvalue weighted by Gasteiger charge is -2.11. The summed E-state index contributed by atoms with van der Waals surface area (Å²) in [5, 5.41) is 0. The number of allylic oxidation sites excluding steroid dienone is 1. The zero-order valence-electron chi connectivity index (χ0n) is 8.29. The summed E-state index contributed by atoms with van der Waals surface area (Å²) in [5.41, 5.74) is 0. The zero-order valence-corrected chi connectivity index (χ0v) is 8.29. The number of ether oxygens (including phenoxy) is 1. The van der Waals surface area contributed by atoms with E-state index < -0.39 is 0 Å². The second kappa shape index (κ2) is 7.59. The number of esters is 1. The van der Waals surface area contributed by atoms with Crippen LogP contribution < -0.4 is 0 Å². The van der Waals surface area contributed by atoms with Gasteiger partial charge in [0, 0.05) is 0 Å². The predicted molar refractivity (Wildman–Crippen MR) is 54.4 cm³/mol. The molecule has 13 heavy (non-hydrogen) atoms. The van der Waals surface area contributed by atoms with E-state index >= 15 is 0 Å². The minimum atomic E-state index is -0.121. The van der Waals surface area contributed by atoms with Crippen molar-refractivity contribution in [2.45, 2.75) is 26.2 Å². The lowest BCUT2D eigenvalue weighted by molar-refractivity contribution is -0.147. The first-order chi connectivity index (χ1) is 6.26. The summed E-state index contributed by atoms with van der Waals surface area (Å²) in [6, 6.07) is 0. The van der Waals surface area contributed by atoms with Crippen LogP contribution in [0.3, 0.4) is 0 Å². The maximum atomic E-state index is 11.3. The molecule has 0 saturated heterocycles. The monoisotopic (exact) mass is 182 g/mol. The summed E-state index contributed by atoms with van der Waals surface area (Å²) in [6.07, 6.45) is 5.92. The largest absolute Gasteiger partial charge is 0.461 e. The average Bonchev–Trinajstić information content (AvgIpc) is 2.16. The SMILES string of the molecule is C=CCCC(CC)C(=O)OCC=C. The van der Waals surface area contributed by atoms with Crippen molar-refractivity contribution in [1.29, 1.82) is 0 Å². The van der Waals surface area contributed by atoms with Crippen molar-refractivity contribution >= 4 is 5.97 Å². The van der Waals surface area contributed by atoms with Gasteiger partial charge in [0.1, 0.15) is 6.61 Å². The topological polar surface area (TPSA) is 26.3 Å². The van der Waals surface area contributed by atoms with E-state index in [1.54, 1.807) is 6.08 Å². The van der Waals surface area contributed by atoms with Gasteiger partial charge in [-0.15, -0.1) is 6.58 Å². The molecule has 0 aromatic carbocycles. The quantitative estimate of drug-likeness (QED) is 0.447. The smallest absolute Gasteiger partial charge is 0.309 e. The van der Waals surface area contributed by atoms with Gasteiger partial charge in [-0.05, 0) is 19.3 Å². The Morgan fingerprint density at radius 2 is 2.15 bits per heavy atom. The highest BCUT2D eigenvalue weighted by molar-refractivity contribution is 5.72. The van der Waals surface area contributed by atoms with Gasteiger partial charge < -0.3 is 4.74 Å². The van der Waals surface area contributed by atoms with Crippen molar-refractivity contribution in [1.82, 2.24) is 0 Å². The molecule has 74 valence electrons. The van der Waals surface area contributed by atoms with Gasteiger partial charge in [0.15, 0.2) is 0 Å². The Labute approximate surface area is 80.3 Å². The van der Waals surface area contributed by atoms with Gasteiger partial charge in [-0.3, -0.25) is 4.79 Å². The normalized spacial score (nSPS) is 11.8. The van der Waals surface area contributed by atoms with E-state index in [1.807, 2.05) is 13.0 Å². The highest BCUT2D eigenvalue weighted by Crippen LogP contribution is 2.13. The second-order valence-electron chi connectivity index (χ2n) is 2.89. The minimum absolute atomic E-state index is 0.0120. The summed E-state index contributed by atoms with van der Waals surface area (Å²) in [7, 11) is 0. The van der Waals surface area contributed by atoms with Crippen LogP contribution in [0.1, 0.15) is 26.2 Å². The Hall–Kier alpha value is -1.05. The fourth-order valence-electron chi connectivity index (χ4n) is 1.07. The number of rotatable bonds is 7. The first-order valence-corrected chi connectivity index (χ1v) is 4.64. The van der Waals surface area contributed by atoms with Crippen molar-refractivity contribution < 1.29 is 9.53 Å². The van der Waals surface area contributed by atoms with Crippen LogP contribution in [0.15, 0.2) is 25.3 Å². The van der Waals surface area contributed by atoms with Crippen molar-refractivity contribution in [3.8, 4) is 0 Å². The Kier molecular flexibility index (Phi) is 6.98. The van der Waals surface area contributed by atoms with Crippen LogP contribution in [-0.4, -0.2) is 12.6 Å². The lowest BCUT2D eigenvalue weighted by Crippen LogP contribution is -2.16. The first kappa shape index (κ1) is 11.9. The molecule has 0 amide bonds. The fourth-order valence-corrected chi connectivity index (χ4v) is 1.07. The molecule has 0 spiro atoms. The fraction of sp³-hybridized carbons (Fsp3) is 0.545. The molecule has 1 atom stereocenters.